The van der Waals surface area contributed by atoms with Crippen LogP contribution in [0.5, 0.6) is 0 Å². The second-order valence-corrected chi connectivity index (χ2v) is 3.82. The molecule has 68 valence electrons. The van der Waals surface area contributed by atoms with Crippen LogP contribution in [0.15, 0.2) is 0 Å². The summed E-state index contributed by atoms with van der Waals surface area (Å²) in [5, 5.41) is 0. The predicted molar refractivity (Wildman–Crippen MR) is 56.3 cm³/mol. The Bertz CT molecular complexity index is 75.5. The van der Waals surface area contributed by atoms with E-state index in [0.29, 0.717) is 0 Å². The summed E-state index contributed by atoms with van der Waals surface area (Å²) in [6, 6.07) is 0. The maximum Gasteiger partial charge on any atom is 1.00 e. The monoisotopic (exact) mass is 215 g/mol. The van der Waals surface area contributed by atoms with Crippen LogP contribution in [0.25, 0.3) is 0 Å². The molecular formula is C8H18NNaS2. The minimum Gasteiger partial charge on any atom is -0.702 e. The maximum absolute atomic E-state index is 4.94. The molecule has 0 spiro atoms. The van der Waals surface area contributed by atoms with E-state index in [1.165, 1.54) is 36.7 Å². The molecule has 0 unspecified atom stereocenters. The Kier molecular flexibility index (Phi) is 17.0. The van der Waals surface area contributed by atoms with Crippen molar-refractivity contribution in [2.45, 2.75) is 39.5 Å². The molecule has 0 saturated heterocycles. The second-order valence-electron chi connectivity index (χ2n) is 2.71. The van der Waals surface area contributed by atoms with Crippen LogP contribution in [0.4, 0.5) is 0 Å². The van der Waals surface area contributed by atoms with Crippen molar-refractivity contribution in [3.63, 3.8) is 0 Å². The molecule has 0 aliphatic rings. The van der Waals surface area contributed by atoms with E-state index in [9.17, 15) is 0 Å². The van der Waals surface area contributed by atoms with Gasteiger partial charge in [-0.05, 0) is 12.8 Å². The van der Waals surface area contributed by atoms with E-state index in [0.717, 1.165) is 13.1 Å². The molecule has 0 bridgehead atoms. The molecule has 12 heavy (non-hydrogen) atoms. The van der Waals surface area contributed by atoms with Crippen LogP contribution in [-0.2, 0) is 11.7 Å². The Morgan fingerprint density at radius 3 is 1.75 bits per heavy atom. The number of nitrogens with zero attached hydrogens (tertiary/aromatic N) is 1. The molecule has 0 aliphatic heterocycles. The number of unbranched alkanes of at least 4 members (excludes halogenated alkanes) is 2. The van der Waals surface area contributed by atoms with Gasteiger partial charge in [-0.15, -0.1) is 0 Å². The van der Waals surface area contributed by atoms with Gasteiger partial charge in [0.15, 0.2) is 0 Å². The van der Waals surface area contributed by atoms with Gasteiger partial charge in [-0.2, -0.15) is 0 Å². The van der Waals surface area contributed by atoms with Gasteiger partial charge >= 0.3 is 29.6 Å². The first-order valence-corrected chi connectivity index (χ1v) is 6.09. The quantitative estimate of drug-likeness (QED) is 0.255. The Morgan fingerprint density at radius 1 is 1.08 bits per heavy atom. The zero-order valence-corrected chi connectivity index (χ0v) is 12.1. The molecule has 0 radical (unpaired) electrons. The molecule has 0 aromatic rings. The first-order chi connectivity index (χ1) is 5.35. The number of hydrogen-bond acceptors (Lipinski definition) is 3. The van der Waals surface area contributed by atoms with Gasteiger partial charge in [0.25, 0.3) is 0 Å². The predicted octanol–water partition coefficient (Wildman–Crippen LogP) is 0.00270. The van der Waals surface area contributed by atoms with Crippen molar-refractivity contribution < 1.29 is 29.6 Å². The Hall–Kier alpha value is 1.66. The maximum atomic E-state index is 4.94. The summed E-state index contributed by atoms with van der Waals surface area (Å²) in [6.07, 6.45) is 5.07. The van der Waals surface area contributed by atoms with Crippen molar-refractivity contribution in [3.8, 4) is 0 Å². The normalized spacial score (nSPS) is 10.0. The van der Waals surface area contributed by atoms with Gasteiger partial charge in [0, 0.05) is 13.1 Å². The third-order valence-electron chi connectivity index (χ3n) is 1.63. The van der Waals surface area contributed by atoms with E-state index < -0.39 is 0 Å². The van der Waals surface area contributed by atoms with Crippen LogP contribution >= 0.6 is 11.0 Å². The van der Waals surface area contributed by atoms with Crippen molar-refractivity contribution in [3.05, 3.63) is 0 Å². The summed E-state index contributed by atoms with van der Waals surface area (Å²) in [4.78, 5) is 0. The van der Waals surface area contributed by atoms with Gasteiger partial charge in [0.2, 0.25) is 0 Å². The van der Waals surface area contributed by atoms with Gasteiger partial charge < -0.3 is 11.7 Å². The Balaban J connectivity index is 0. The summed E-state index contributed by atoms with van der Waals surface area (Å²) in [5.74, 6) is 0. The molecule has 1 nitrogen and oxygen atoms in total. The van der Waals surface area contributed by atoms with Crippen molar-refractivity contribution in [1.82, 2.24) is 4.31 Å². The van der Waals surface area contributed by atoms with E-state index in [4.69, 9.17) is 11.7 Å². The first kappa shape index (κ1) is 16.1. The minimum absolute atomic E-state index is 0. The third-order valence-corrected chi connectivity index (χ3v) is 2.84. The van der Waals surface area contributed by atoms with Crippen LogP contribution in [0.1, 0.15) is 39.5 Å². The largest absolute Gasteiger partial charge is 1.00 e. The molecule has 0 fully saturated rings. The van der Waals surface area contributed by atoms with Crippen LogP contribution in [0.3, 0.4) is 0 Å². The summed E-state index contributed by atoms with van der Waals surface area (Å²) in [7, 11) is 1.47. The van der Waals surface area contributed by atoms with E-state index >= 15 is 0 Å². The summed E-state index contributed by atoms with van der Waals surface area (Å²) < 4.78 is 2.28. The fraction of sp³-hybridized carbons (Fsp3) is 1.00. The number of rotatable bonds is 7. The summed E-state index contributed by atoms with van der Waals surface area (Å²) in [5.41, 5.74) is 0. The Morgan fingerprint density at radius 2 is 1.50 bits per heavy atom. The van der Waals surface area contributed by atoms with Crippen molar-refractivity contribution in [2.75, 3.05) is 13.1 Å². The molecule has 0 amide bonds. The van der Waals surface area contributed by atoms with E-state index in [1.54, 1.807) is 0 Å². The molecule has 0 atom stereocenters. The van der Waals surface area contributed by atoms with Gasteiger partial charge in [-0.3, -0.25) is 15.3 Å². The third kappa shape index (κ3) is 9.75. The zero-order chi connectivity index (χ0) is 8.53. The van der Waals surface area contributed by atoms with Gasteiger partial charge in [0.1, 0.15) is 0 Å². The van der Waals surface area contributed by atoms with Crippen molar-refractivity contribution >= 4 is 22.6 Å². The molecule has 0 rings (SSSR count). The molecule has 4 heteroatoms. The number of hydrogen-bond donors (Lipinski definition) is 0. The molecule has 0 heterocycles. The fourth-order valence-electron chi connectivity index (χ4n) is 0.855. The zero-order valence-electron chi connectivity index (χ0n) is 8.51. The van der Waals surface area contributed by atoms with E-state index in [2.05, 4.69) is 18.2 Å². The van der Waals surface area contributed by atoms with Crippen LogP contribution in [0, 0.1) is 0 Å². The fourth-order valence-corrected chi connectivity index (χ4v) is 1.71. The molecule has 0 N–H and O–H groups in total. The minimum atomic E-state index is 0. The van der Waals surface area contributed by atoms with Crippen molar-refractivity contribution in [1.29, 1.82) is 0 Å². The summed E-state index contributed by atoms with van der Waals surface area (Å²) >= 11 is 4.94. The van der Waals surface area contributed by atoms with E-state index in [-0.39, 0.29) is 29.6 Å². The average Bonchev–Trinajstić information content (AvgIpc) is 2.05. The van der Waals surface area contributed by atoms with Crippen LogP contribution in [0.2, 0.25) is 0 Å². The van der Waals surface area contributed by atoms with Crippen LogP contribution < -0.4 is 29.6 Å². The first-order valence-electron chi connectivity index (χ1n) is 4.40. The molecule has 0 aromatic heterocycles. The van der Waals surface area contributed by atoms with Gasteiger partial charge in [-0.25, -0.2) is 0 Å². The molecule has 0 saturated carbocycles. The smallest absolute Gasteiger partial charge is 0.702 e. The molecule has 0 aliphatic carbocycles. The molecule has 0 aromatic carbocycles. The van der Waals surface area contributed by atoms with Gasteiger partial charge in [-0.1, -0.05) is 26.7 Å². The Labute approximate surface area is 108 Å². The SMILES string of the molecule is CCCCN(CCCC)S[S-].[Na+]. The standard InChI is InChI=1S/C8H19NS2.Na/c1-3-5-7-9(11-10)8-6-4-2;/h10H,3-8H2,1-2H3;/q;+1/p-1. The van der Waals surface area contributed by atoms with E-state index in [1.807, 2.05) is 0 Å². The molecular weight excluding hydrogens is 197 g/mol. The second kappa shape index (κ2) is 12.7. The van der Waals surface area contributed by atoms with Crippen molar-refractivity contribution in [2.24, 2.45) is 0 Å². The van der Waals surface area contributed by atoms with Gasteiger partial charge in [0.05, 0.1) is 0 Å². The van der Waals surface area contributed by atoms with Crippen LogP contribution in [-0.4, -0.2) is 17.4 Å². The average molecular weight is 215 g/mol. The summed E-state index contributed by atoms with van der Waals surface area (Å²) in [6.45, 7) is 6.74. The topological polar surface area (TPSA) is 3.24 Å².